The van der Waals surface area contributed by atoms with Gasteiger partial charge in [-0.25, -0.2) is 0 Å². The summed E-state index contributed by atoms with van der Waals surface area (Å²) >= 11 is -3.59. The number of rotatable bonds is 9. The molecule has 0 bridgehead atoms. The van der Waals surface area contributed by atoms with Gasteiger partial charge in [0.1, 0.15) is 0 Å². The van der Waals surface area contributed by atoms with Crippen LogP contribution in [0.1, 0.15) is 5.56 Å². The summed E-state index contributed by atoms with van der Waals surface area (Å²) in [6, 6.07) is 94.5. The average Bonchev–Trinajstić information content (AvgIpc) is 3.88. The Balaban J connectivity index is 1.13. The summed E-state index contributed by atoms with van der Waals surface area (Å²) in [5.41, 5.74) is 11.6. The molecule has 0 aliphatic carbocycles. The Morgan fingerprint density at radius 1 is 0.292 bits per heavy atom. The second-order valence-electron chi connectivity index (χ2n) is 17.0. The van der Waals surface area contributed by atoms with Gasteiger partial charge in [-0.15, -0.1) is 0 Å². The van der Waals surface area contributed by atoms with Crippen LogP contribution >= 0.6 is 0 Å². The van der Waals surface area contributed by atoms with Crippen LogP contribution in [0.5, 0.6) is 0 Å². The van der Waals surface area contributed by atoms with Crippen LogP contribution in [0.25, 0.3) is 55.0 Å². The number of nitrogens with zero attached hydrogens (tertiary/aromatic N) is 3. The van der Waals surface area contributed by atoms with E-state index in [1.54, 1.807) is 0 Å². The maximum absolute atomic E-state index is 3.59. The van der Waals surface area contributed by atoms with Crippen molar-refractivity contribution >= 4 is 91.5 Å². The van der Waals surface area contributed by atoms with E-state index in [0.717, 1.165) is 28.4 Å². The monoisotopic (exact) mass is 893 g/mol. The standard InChI is InChI=1S/C61H45GeN3/c1-44-31-34-51(35-32-44)63(52-36-39-60-56(42-52)54-29-17-18-30-58(54)64(60)49-25-13-5-14-26-49)53-37-40-61-57(43-53)55-41-48(33-38-59(55)65(61)50-27-15-6-16-28-50)62(45-19-7-2-8-20-45,46-21-9-3-10-22-46)47-23-11-4-12-24-47/h2-43H,1H3. The maximum atomic E-state index is 2.55. The van der Waals surface area contributed by atoms with Crippen LogP contribution in [0.4, 0.5) is 17.1 Å². The molecular formula is C61H45GeN3. The fourth-order valence-electron chi connectivity index (χ4n) is 10.4. The SMILES string of the molecule is Cc1ccc(N(c2ccc3c(c2)c2ccccc2n3-c2ccccc2)c2ccc3c(c2)c2c[c]([Ge]([c]4ccccc4)([c]4ccccc4)[c]4ccccc4)ccc2n3-c2ccccc2)cc1. The first-order valence-electron chi connectivity index (χ1n) is 22.4. The average molecular weight is 893 g/mol. The Hall–Kier alpha value is -7.86. The van der Waals surface area contributed by atoms with Gasteiger partial charge in [-0.05, 0) is 18.2 Å². The van der Waals surface area contributed by atoms with Crippen LogP contribution in [0.2, 0.25) is 0 Å². The van der Waals surface area contributed by atoms with Crippen molar-refractivity contribution in [2.75, 3.05) is 4.90 Å². The van der Waals surface area contributed by atoms with E-state index >= 15 is 0 Å². The van der Waals surface area contributed by atoms with Crippen molar-refractivity contribution in [3.05, 3.63) is 260 Å². The normalized spacial score (nSPS) is 11.8. The molecular weight excluding hydrogens is 847 g/mol. The number of para-hydroxylation sites is 3. The molecule has 0 aliphatic rings. The van der Waals surface area contributed by atoms with Crippen LogP contribution in [0.15, 0.2) is 255 Å². The van der Waals surface area contributed by atoms with Crippen molar-refractivity contribution in [3.8, 4) is 11.4 Å². The molecule has 65 heavy (non-hydrogen) atoms. The molecule has 0 saturated carbocycles. The molecule has 0 aliphatic heterocycles. The Morgan fingerprint density at radius 3 is 1.15 bits per heavy atom. The molecule has 0 fully saturated rings. The predicted octanol–water partition coefficient (Wildman–Crippen LogP) is 13.0. The van der Waals surface area contributed by atoms with E-state index in [-0.39, 0.29) is 0 Å². The summed E-state index contributed by atoms with van der Waals surface area (Å²) in [6.07, 6.45) is 0. The molecule has 0 amide bonds. The molecule has 12 aromatic rings. The molecule has 0 unspecified atom stereocenters. The molecule has 0 saturated heterocycles. The van der Waals surface area contributed by atoms with Gasteiger partial charge in [-0.3, -0.25) is 0 Å². The van der Waals surface area contributed by atoms with Gasteiger partial charge < -0.3 is 0 Å². The fourth-order valence-corrected chi connectivity index (χ4v) is 20.4. The third kappa shape index (κ3) is 6.42. The summed E-state index contributed by atoms with van der Waals surface area (Å²) in [5.74, 6) is 0. The molecule has 4 heteroatoms. The molecule has 308 valence electrons. The molecule has 0 spiro atoms. The number of hydrogen-bond acceptors (Lipinski definition) is 1. The fraction of sp³-hybridized carbons (Fsp3) is 0.0164. The van der Waals surface area contributed by atoms with E-state index < -0.39 is 13.3 Å². The van der Waals surface area contributed by atoms with E-state index in [4.69, 9.17) is 0 Å². The first-order chi connectivity index (χ1) is 32.2. The molecule has 3 nitrogen and oxygen atoms in total. The Labute approximate surface area is 382 Å². The second-order valence-corrected chi connectivity index (χ2v) is 25.0. The minimum atomic E-state index is -3.59. The summed E-state index contributed by atoms with van der Waals surface area (Å²) in [7, 11) is 0. The molecule has 2 aromatic heterocycles. The Kier molecular flexibility index (Phi) is 9.58. The van der Waals surface area contributed by atoms with Crippen molar-refractivity contribution in [3.63, 3.8) is 0 Å². The molecule has 0 atom stereocenters. The van der Waals surface area contributed by atoms with Crippen LogP contribution in [0.3, 0.4) is 0 Å². The Bertz CT molecular complexity index is 3540. The van der Waals surface area contributed by atoms with E-state index in [1.165, 1.54) is 66.8 Å². The van der Waals surface area contributed by atoms with Gasteiger partial charge in [-0.1, -0.05) is 30.3 Å². The first-order valence-corrected chi connectivity index (χ1v) is 26.6. The number of aromatic nitrogens is 2. The third-order valence-electron chi connectivity index (χ3n) is 13.3. The zero-order chi connectivity index (χ0) is 43.3. The van der Waals surface area contributed by atoms with Gasteiger partial charge in [-0.2, -0.15) is 0 Å². The van der Waals surface area contributed by atoms with Gasteiger partial charge in [0.05, 0.1) is 0 Å². The van der Waals surface area contributed by atoms with Crippen molar-refractivity contribution in [2.45, 2.75) is 6.92 Å². The van der Waals surface area contributed by atoms with E-state index in [0.29, 0.717) is 0 Å². The van der Waals surface area contributed by atoms with E-state index in [1.807, 2.05) is 0 Å². The van der Waals surface area contributed by atoms with Gasteiger partial charge in [0.15, 0.2) is 0 Å². The number of benzene rings is 10. The second kappa shape index (κ2) is 16.0. The topological polar surface area (TPSA) is 13.1 Å². The van der Waals surface area contributed by atoms with Gasteiger partial charge >= 0.3 is 330 Å². The summed E-state index contributed by atoms with van der Waals surface area (Å²) in [5, 5.41) is 4.91. The first kappa shape index (κ1) is 38.8. The van der Waals surface area contributed by atoms with Gasteiger partial charge in [0, 0.05) is 5.69 Å². The van der Waals surface area contributed by atoms with Gasteiger partial charge in [0.25, 0.3) is 0 Å². The number of fused-ring (bicyclic) bond motifs is 6. The van der Waals surface area contributed by atoms with Crippen LogP contribution in [-0.2, 0) is 0 Å². The van der Waals surface area contributed by atoms with Gasteiger partial charge in [0.2, 0.25) is 0 Å². The van der Waals surface area contributed by atoms with Crippen molar-refractivity contribution in [1.82, 2.24) is 9.13 Å². The Morgan fingerprint density at radius 2 is 0.662 bits per heavy atom. The van der Waals surface area contributed by atoms with Crippen molar-refractivity contribution < 1.29 is 0 Å². The quantitative estimate of drug-likeness (QED) is 0.132. The number of hydrogen-bond donors (Lipinski definition) is 0. The number of anilines is 3. The van der Waals surface area contributed by atoms with Crippen molar-refractivity contribution in [1.29, 1.82) is 0 Å². The molecule has 2 heterocycles. The zero-order valence-electron chi connectivity index (χ0n) is 36.1. The minimum absolute atomic E-state index is 1.10. The zero-order valence-corrected chi connectivity index (χ0v) is 38.2. The third-order valence-corrected chi connectivity index (χ3v) is 23.3. The predicted molar refractivity (Wildman–Crippen MR) is 278 cm³/mol. The van der Waals surface area contributed by atoms with E-state index in [2.05, 4.69) is 276 Å². The molecule has 10 aromatic carbocycles. The van der Waals surface area contributed by atoms with E-state index in [9.17, 15) is 0 Å². The van der Waals surface area contributed by atoms with Crippen LogP contribution in [-0.4, -0.2) is 22.4 Å². The summed E-state index contributed by atoms with van der Waals surface area (Å²) in [6.45, 7) is 2.16. The molecule has 0 radical (unpaired) electrons. The summed E-state index contributed by atoms with van der Waals surface area (Å²) < 4.78 is 10.5. The summed E-state index contributed by atoms with van der Waals surface area (Å²) in [4.78, 5) is 2.43. The number of aryl methyl sites for hydroxylation is 1. The molecule has 12 rings (SSSR count). The van der Waals surface area contributed by atoms with Crippen molar-refractivity contribution in [2.24, 2.45) is 0 Å². The molecule has 0 N–H and O–H groups in total. The van der Waals surface area contributed by atoms with Crippen LogP contribution < -0.4 is 22.5 Å². The van der Waals surface area contributed by atoms with Crippen LogP contribution in [0, 0.1) is 6.92 Å².